The third kappa shape index (κ3) is 2.93. The second kappa shape index (κ2) is 5.12. The van der Waals surface area contributed by atoms with Gasteiger partial charge in [0.15, 0.2) is 0 Å². The number of carbonyl (C=O) groups is 1. The molecule has 0 bridgehead atoms. The first-order chi connectivity index (χ1) is 8.16. The standard InChI is InChI=1S/C12H17N3O2/c1-8-9-4-2-3-5-10(9)15-12(14-8)13-7-6-11(16)17/h2-7H2,1H3,(H,16,17)(H,13,14,15). The SMILES string of the molecule is Cc1nc(NCCC(=O)O)nc2c1CCCC2. The van der Waals surface area contributed by atoms with Gasteiger partial charge in [-0.2, -0.15) is 0 Å². The molecular formula is C12H17N3O2. The third-order valence-corrected chi connectivity index (χ3v) is 3.01. The number of anilines is 1. The molecule has 1 aliphatic rings. The van der Waals surface area contributed by atoms with E-state index >= 15 is 0 Å². The minimum absolute atomic E-state index is 0.0828. The van der Waals surface area contributed by atoms with Gasteiger partial charge in [0.25, 0.3) is 0 Å². The van der Waals surface area contributed by atoms with Crippen LogP contribution < -0.4 is 5.32 Å². The molecule has 92 valence electrons. The van der Waals surface area contributed by atoms with Gasteiger partial charge in [0.1, 0.15) is 0 Å². The molecule has 2 N–H and O–H groups in total. The molecule has 0 unspecified atom stereocenters. The Bertz CT molecular complexity index is 432. The number of aromatic nitrogens is 2. The Balaban J connectivity index is 2.08. The number of fused-ring (bicyclic) bond motifs is 1. The number of carboxylic acids is 1. The van der Waals surface area contributed by atoms with E-state index in [0.29, 0.717) is 12.5 Å². The average molecular weight is 235 g/mol. The molecule has 1 aliphatic carbocycles. The maximum Gasteiger partial charge on any atom is 0.305 e. The fraction of sp³-hybridized carbons (Fsp3) is 0.583. The third-order valence-electron chi connectivity index (χ3n) is 3.01. The maximum atomic E-state index is 10.4. The Kier molecular flexibility index (Phi) is 3.56. The lowest BCUT2D eigenvalue weighted by Gasteiger charge is -2.17. The second-order valence-electron chi connectivity index (χ2n) is 4.34. The van der Waals surface area contributed by atoms with Crippen LogP contribution in [0.25, 0.3) is 0 Å². The smallest absolute Gasteiger partial charge is 0.305 e. The molecule has 0 aromatic carbocycles. The summed E-state index contributed by atoms with van der Waals surface area (Å²) < 4.78 is 0. The summed E-state index contributed by atoms with van der Waals surface area (Å²) in [4.78, 5) is 19.2. The van der Waals surface area contributed by atoms with Gasteiger partial charge in [0.2, 0.25) is 5.95 Å². The quantitative estimate of drug-likeness (QED) is 0.828. The average Bonchev–Trinajstić information content (AvgIpc) is 2.28. The summed E-state index contributed by atoms with van der Waals surface area (Å²) in [6.45, 7) is 2.36. The van der Waals surface area contributed by atoms with Gasteiger partial charge in [-0.15, -0.1) is 0 Å². The van der Waals surface area contributed by atoms with E-state index in [1.807, 2.05) is 6.92 Å². The highest BCUT2D eigenvalue weighted by atomic mass is 16.4. The molecule has 0 saturated heterocycles. The first-order valence-electron chi connectivity index (χ1n) is 5.99. The predicted molar refractivity (Wildman–Crippen MR) is 64.2 cm³/mol. The van der Waals surface area contributed by atoms with Crippen LogP contribution in [0.3, 0.4) is 0 Å². The van der Waals surface area contributed by atoms with Crippen molar-refractivity contribution in [2.24, 2.45) is 0 Å². The van der Waals surface area contributed by atoms with E-state index in [9.17, 15) is 4.79 Å². The van der Waals surface area contributed by atoms with Crippen molar-refractivity contribution in [3.05, 3.63) is 17.0 Å². The van der Waals surface area contributed by atoms with E-state index in [2.05, 4.69) is 15.3 Å². The van der Waals surface area contributed by atoms with Crippen molar-refractivity contribution in [2.45, 2.75) is 39.0 Å². The molecule has 0 saturated carbocycles. The van der Waals surface area contributed by atoms with Gasteiger partial charge in [0.05, 0.1) is 6.42 Å². The van der Waals surface area contributed by atoms with Gasteiger partial charge in [-0.3, -0.25) is 4.79 Å². The zero-order valence-electron chi connectivity index (χ0n) is 9.99. The van der Waals surface area contributed by atoms with Crippen LogP contribution in [0.2, 0.25) is 0 Å². The lowest BCUT2D eigenvalue weighted by atomic mass is 9.95. The lowest BCUT2D eigenvalue weighted by molar-refractivity contribution is -0.136. The lowest BCUT2D eigenvalue weighted by Crippen LogP contribution is -2.15. The van der Waals surface area contributed by atoms with Crippen molar-refractivity contribution in [2.75, 3.05) is 11.9 Å². The normalized spacial score (nSPS) is 14.2. The van der Waals surface area contributed by atoms with Gasteiger partial charge in [-0.25, -0.2) is 9.97 Å². The summed E-state index contributed by atoms with van der Waals surface area (Å²) in [6, 6.07) is 0. The number of nitrogens with zero attached hydrogens (tertiary/aromatic N) is 2. The van der Waals surface area contributed by atoms with E-state index < -0.39 is 5.97 Å². The van der Waals surface area contributed by atoms with Crippen molar-refractivity contribution in [3.63, 3.8) is 0 Å². The summed E-state index contributed by atoms with van der Waals surface area (Å²) in [6.07, 6.45) is 4.55. The summed E-state index contributed by atoms with van der Waals surface area (Å²) in [5.41, 5.74) is 3.43. The van der Waals surface area contributed by atoms with Crippen molar-refractivity contribution in [3.8, 4) is 0 Å². The molecule has 0 fully saturated rings. The number of nitrogens with one attached hydrogen (secondary N) is 1. The number of carboxylic acid groups (broad SMARTS) is 1. The van der Waals surface area contributed by atoms with Gasteiger partial charge in [-0.05, 0) is 38.2 Å². The summed E-state index contributed by atoms with van der Waals surface area (Å²) in [7, 11) is 0. The van der Waals surface area contributed by atoms with Crippen LogP contribution in [-0.2, 0) is 17.6 Å². The Hall–Kier alpha value is -1.65. The molecule has 0 radical (unpaired) electrons. The van der Waals surface area contributed by atoms with Crippen molar-refractivity contribution < 1.29 is 9.90 Å². The van der Waals surface area contributed by atoms with Crippen molar-refractivity contribution in [1.29, 1.82) is 0 Å². The molecule has 0 aliphatic heterocycles. The molecular weight excluding hydrogens is 218 g/mol. The second-order valence-corrected chi connectivity index (χ2v) is 4.34. The van der Waals surface area contributed by atoms with Gasteiger partial charge < -0.3 is 10.4 Å². The highest BCUT2D eigenvalue weighted by Gasteiger charge is 2.15. The fourth-order valence-corrected chi connectivity index (χ4v) is 2.14. The fourth-order valence-electron chi connectivity index (χ4n) is 2.14. The van der Waals surface area contributed by atoms with Crippen LogP contribution >= 0.6 is 0 Å². The highest BCUT2D eigenvalue weighted by Crippen LogP contribution is 2.22. The van der Waals surface area contributed by atoms with Crippen LogP contribution in [0.1, 0.15) is 36.2 Å². The molecule has 2 rings (SSSR count). The summed E-state index contributed by atoms with van der Waals surface area (Å²) in [5.74, 6) is -0.253. The Labute approximate surface area is 100 Å². The van der Waals surface area contributed by atoms with E-state index in [1.165, 1.54) is 18.4 Å². The zero-order chi connectivity index (χ0) is 12.3. The van der Waals surface area contributed by atoms with Gasteiger partial charge in [-0.1, -0.05) is 0 Å². The van der Waals surface area contributed by atoms with E-state index in [0.717, 1.165) is 24.2 Å². The minimum atomic E-state index is -0.813. The van der Waals surface area contributed by atoms with Crippen LogP contribution in [0.5, 0.6) is 0 Å². The molecule has 0 spiro atoms. The molecule has 1 aromatic rings. The highest BCUT2D eigenvalue weighted by molar-refractivity contribution is 5.67. The van der Waals surface area contributed by atoms with Crippen LogP contribution in [-0.4, -0.2) is 27.6 Å². The Morgan fingerprint density at radius 1 is 1.35 bits per heavy atom. The molecule has 0 amide bonds. The topological polar surface area (TPSA) is 75.1 Å². The van der Waals surface area contributed by atoms with E-state index in [-0.39, 0.29) is 6.42 Å². The van der Waals surface area contributed by atoms with Crippen LogP contribution in [0, 0.1) is 6.92 Å². The molecule has 0 atom stereocenters. The number of aliphatic carboxylic acids is 1. The van der Waals surface area contributed by atoms with Crippen LogP contribution in [0.15, 0.2) is 0 Å². The number of aryl methyl sites for hydroxylation is 2. The molecule has 5 heteroatoms. The van der Waals surface area contributed by atoms with Gasteiger partial charge in [0, 0.05) is 17.9 Å². The Morgan fingerprint density at radius 3 is 2.88 bits per heavy atom. The molecule has 1 heterocycles. The van der Waals surface area contributed by atoms with Crippen molar-refractivity contribution >= 4 is 11.9 Å². The minimum Gasteiger partial charge on any atom is -0.481 e. The molecule has 1 aromatic heterocycles. The summed E-state index contributed by atoms with van der Waals surface area (Å²) in [5, 5.41) is 11.5. The van der Waals surface area contributed by atoms with E-state index in [1.54, 1.807) is 0 Å². The van der Waals surface area contributed by atoms with Gasteiger partial charge >= 0.3 is 5.97 Å². The number of hydrogen-bond acceptors (Lipinski definition) is 4. The van der Waals surface area contributed by atoms with E-state index in [4.69, 9.17) is 5.11 Å². The maximum absolute atomic E-state index is 10.4. The molecule has 5 nitrogen and oxygen atoms in total. The van der Waals surface area contributed by atoms with Crippen LogP contribution in [0.4, 0.5) is 5.95 Å². The zero-order valence-corrected chi connectivity index (χ0v) is 9.99. The number of rotatable bonds is 4. The first-order valence-corrected chi connectivity index (χ1v) is 5.99. The predicted octanol–water partition coefficient (Wildman–Crippen LogP) is 1.55. The monoisotopic (exact) mass is 235 g/mol. The number of hydrogen-bond donors (Lipinski definition) is 2. The van der Waals surface area contributed by atoms with Crippen molar-refractivity contribution in [1.82, 2.24) is 9.97 Å². The Morgan fingerprint density at radius 2 is 2.12 bits per heavy atom. The largest absolute Gasteiger partial charge is 0.481 e. The first kappa shape index (κ1) is 11.8. The molecule has 17 heavy (non-hydrogen) atoms. The summed E-state index contributed by atoms with van der Waals surface area (Å²) >= 11 is 0.